The summed E-state index contributed by atoms with van der Waals surface area (Å²) in [5.41, 5.74) is 2.87. The number of amides is 1. The molecule has 0 fully saturated rings. The first kappa shape index (κ1) is 13.9. The zero-order chi connectivity index (χ0) is 15.0. The molecule has 0 bridgehead atoms. The molecular weight excluding hydrogens is 338 g/mol. The molecule has 0 unspecified atom stereocenters. The smallest absolute Gasteiger partial charge is 0.407 e. The molecule has 3 rings (SSSR count). The summed E-state index contributed by atoms with van der Waals surface area (Å²) in [5, 5.41) is 13.4. The van der Waals surface area contributed by atoms with E-state index in [1.165, 1.54) is 4.90 Å². The normalized spacial score (nSPS) is 13.3. The van der Waals surface area contributed by atoms with Crippen molar-refractivity contribution in [1.29, 1.82) is 0 Å². The lowest BCUT2D eigenvalue weighted by Crippen LogP contribution is -2.23. The second kappa shape index (κ2) is 5.40. The van der Waals surface area contributed by atoms with Crippen molar-refractivity contribution in [2.24, 2.45) is 0 Å². The molecule has 0 radical (unpaired) electrons. The molecule has 0 saturated carbocycles. The van der Waals surface area contributed by atoms with Crippen molar-refractivity contribution in [3.05, 3.63) is 45.7 Å². The maximum atomic E-state index is 10.9. The van der Waals surface area contributed by atoms with Gasteiger partial charge in [0.1, 0.15) is 5.75 Å². The van der Waals surface area contributed by atoms with E-state index in [4.69, 9.17) is 9.84 Å². The van der Waals surface area contributed by atoms with Crippen LogP contribution in [0.5, 0.6) is 5.75 Å². The van der Waals surface area contributed by atoms with E-state index in [0.717, 1.165) is 27.0 Å². The first-order valence-corrected chi connectivity index (χ1v) is 7.21. The fraction of sp³-hybridized carbons (Fsp3) is 0.286. The number of fused-ring (bicyclic) bond motifs is 1. The van der Waals surface area contributed by atoms with Crippen LogP contribution >= 0.6 is 15.9 Å². The predicted octanol–water partition coefficient (Wildman–Crippen LogP) is 2.70. The highest BCUT2D eigenvalue weighted by Crippen LogP contribution is 2.24. The van der Waals surface area contributed by atoms with Gasteiger partial charge < -0.3 is 9.84 Å². The second-order valence-electron chi connectivity index (χ2n) is 4.94. The highest BCUT2D eigenvalue weighted by Gasteiger charge is 2.25. The lowest BCUT2D eigenvalue weighted by Gasteiger charge is -2.10. The number of carbonyl (C=O) groups is 1. The van der Waals surface area contributed by atoms with Gasteiger partial charge in [0.2, 0.25) is 0 Å². The maximum Gasteiger partial charge on any atom is 0.407 e. The van der Waals surface area contributed by atoms with E-state index in [1.807, 2.05) is 29.1 Å². The molecule has 1 N–H and O–H groups in total. The summed E-state index contributed by atoms with van der Waals surface area (Å²) in [7, 11) is 1.63. The SMILES string of the molecule is COc1cc(Br)cc(Cn2cc3c(n2)CN(C(=O)O)C3)c1. The van der Waals surface area contributed by atoms with Gasteiger partial charge in [-0.2, -0.15) is 5.10 Å². The van der Waals surface area contributed by atoms with E-state index in [-0.39, 0.29) is 0 Å². The van der Waals surface area contributed by atoms with Crippen LogP contribution in [0.2, 0.25) is 0 Å². The van der Waals surface area contributed by atoms with Gasteiger partial charge in [-0.15, -0.1) is 0 Å². The molecule has 110 valence electrons. The van der Waals surface area contributed by atoms with Gasteiger partial charge >= 0.3 is 6.09 Å². The summed E-state index contributed by atoms with van der Waals surface area (Å²) < 4.78 is 8.03. The number of benzene rings is 1. The third-order valence-corrected chi connectivity index (χ3v) is 3.87. The molecule has 1 aromatic carbocycles. The van der Waals surface area contributed by atoms with Gasteiger partial charge in [-0.1, -0.05) is 15.9 Å². The Morgan fingerprint density at radius 1 is 1.43 bits per heavy atom. The Morgan fingerprint density at radius 3 is 2.90 bits per heavy atom. The zero-order valence-electron chi connectivity index (χ0n) is 11.4. The molecule has 7 heteroatoms. The lowest BCUT2D eigenvalue weighted by molar-refractivity contribution is 0.144. The van der Waals surface area contributed by atoms with E-state index < -0.39 is 6.09 Å². The number of ether oxygens (including phenoxy) is 1. The van der Waals surface area contributed by atoms with Crippen molar-refractivity contribution in [1.82, 2.24) is 14.7 Å². The Labute approximate surface area is 130 Å². The number of nitrogens with zero attached hydrogens (tertiary/aromatic N) is 3. The minimum Gasteiger partial charge on any atom is -0.497 e. The van der Waals surface area contributed by atoms with Crippen LogP contribution in [-0.2, 0) is 19.6 Å². The number of aromatic nitrogens is 2. The fourth-order valence-corrected chi connectivity index (χ4v) is 2.96. The third kappa shape index (κ3) is 2.87. The average molecular weight is 352 g/mol. The lowest BCUT2D eigenvalue weighted by atomic mass is 10.2. The molecule has 2 aromatic rings. The van der Waals surface area contributed by atoms with Gasteiger partial charge in [0.15, 0.2) is 0 Å². The van der Waals surface area contributed by atoms with E-state index in [1.54, 1.807) is 7.11 Å². The second-order valence-corrected chi connectivity index (χ2v) is 5.85. The number of hydrogen-bond donors (Lipinski definition) is 1. The van der Waals surface area contributed by atoms with Crippen LogP contribution in [0.1, 0.15) is 16.8 Å². The maximum absolute atomic E-state index is 10.9. The van der Waals surface area contributed by atoms with Crippen molar-refractivity contribution < 1.29 is 14.6 Å². The molecule has 1 aliphatic rings. The molecule has 21 heavy (non-hydrogen) atoms. The summed E-state index contributed by atoms with van der Waals surface area (Å²) in [6.07, 6.45) is 1.00. The number of rotatable bonds is 3. The monoisotopic (exact) mass is 351 g/mol. The van der Waals surface area contributed by atoms with Gasteiger partial charge in [-0.25, -0.2) is 4.79 Å². The van der Waals surface area contributed by atoms with E-state index in [9.17, 15) is 4.79 Å². The first-order chi connectivity index (χ1) is 10.0. The molecule has 1 aromatic heterocycles. The summed E-state index contributed by atoms with van der Waals surface area (Å²) in [5.74, 6) is 0.788. The Kier molecular flexibility index (Phi) is 3.59. The highest BCUT2D eigenvalue weighted by atomic mass is 79.9. The molecule has 0 aliphatic carbocycles. The number of methoxy groups -OCH3 is 1. The molecule has 0 spiro atoms. The quantitative estimate of drug-likeness (QED) is 0.922. The molecule has 1 aliphatic heterocycles. The number of halogens is 1. The van der Waals surface area contributed by atoms with Crippen molar-refractivity contribution in [3.8, 4) is 5.75 Å². The van der Waals surface area contributed by atoms with Gasteiger partial charge in [-0.3, -0.25) is 9.58 Å². The molecular formula is C14H14BrN3O3. The van der Waals surface area contributed by atoms with Crippen molar-refractivity contribution in [2.45, 2.75) is 19.6 Å². The van der Waals surface area contributed by atoms with Gasteiger partial charge in [0.05, 0.1) is 32.4 Å². The molecule has 0 saturated heterocycles. The molecule has 1 amide bonds. The Bertz CT molecular complexity index is 675. The highest BCUT2D eigenvalue weighted by molar-refractivity contribution is 9.10. The van der Waals surface area contributed by atoms with Crippen LogP contribution in [0.25, 0.3) is 0 Å². The van der Waals surface area contributed by atoms with Crippen molar-refractivity contribution in [3.63, 3.8) is 0 Å². The zero-order valence-corrected chi connectivity index (χ0v) is 13.0. The Balaban J connectivity index is 1.77. The van der Waals surface area contributed by atoms with Crippen molar-refractivity contribution in [2.75, 3.05) is 7.11 Å². The fourth-order valence-electron chi connectivity index (χ4n) is 2.44. The van der Waals surface area contributed by atoms with E-state index in [0.29, 0.717) is 19.6 Å². The topological polar surface area (TPSA) is 67.6 Å². The summed E-state index contributed by atoms with van der Waals surface area (Å²) in [6, 6.07) is 5.87. The van der Waals surface area contributed by atoms with Crippen LogP contribution < -0.4 is 4.74 Å². The van der Waals surface area contributed by atoms with Crippen molar-refractivity contribution >= 4 is 22.0 Å². The third-order valence-electron chi connectivity index (χ3n) is 3.41. The molecule has 6 nitrogen and oxygen atoms in total. The summed E-state index contributed by atoms with van der Waals surface area (Å²) in [4.78, 5) is 12.3. The minimum atomic E-state index is -0.906. The molecule has 0 atom stereocenters. The van der Waals surface area contributed by atoms with Crippen LogP contribution in [-0.4, -0.2) is 33.0 Å². The predicted molar refractivity (Wildman–Crippen MR) is 79.3 cm³/mol. The van der Waals surface area contributed by atoms with Gasteiger partial charge in [0, 0.05) is 16.2 Å². The Morgan fingerprint density at radius 2 is 2.24 bits per heavy atom. The van der Waals surface area contributed by atoms with E-state index >= 15 is 0 Å². The first-order valence-electron chi connectivity index (χ1n) is 6.41. The van der Waals surface area contributed by atoms with Gasteiger partial charge in [0.25, 0.3) is 0 Å². The largest absolute Gasteiger partial charge is 0.497 e. The Hall–Kier alpha value is -2.02. The van der Waals surface area contributed by atoms with Crippen LogP contribution in [0.15, 0.2) is 28.9 Å². The average Bonchev–Trinajstić information content (AvgIpc) is 2.95. The number of hydrogen-bond acceptors (Lipinski definition) is 3. The van der Waals surface area contributed by atoms with Crippen LogP contribution in [0, 0.1) is 0 Å². The summed E-state index contributed by atoms with van der Waals surface area (Å²) >= 11 is 3.45. The number of carboxylic acid groups (broad SMARTS) is 1. The van der Waals surface area contributed by atoms with E-state index in [2.05, 4.69) is 21.0 Å². The standard InChI is InChI=1S/C14H14BrN3O3/c1-21-12-3-9(2-11(15)4-12)5-18-7-10-6-17(14(19)20)8-13(10)16-18/h2-4,7H,5-6,8H2,1H3,(H,19,20). The minimum absolute atomic E-state index is 0.361. The molecule has 2 heterocycles. The van der Waals surface area contributed by atoms with Crippen LogP contribution in [0.3, 0.4) is 0 Å². The summed E-state index contributed by atoms with van der Waals surface area (Å²) in [6.45, 7) is 1.39. The van der Waals surface area contributed by atoms with Crippen LogP contribution in [0.4, 0.5) is 4.79 Å². The van der Waals surface area contributed by atoms with Gasteiger partial charge in [-0.05, 0) is 23.8 Å².